The Bertz CT molecular complexity index is 969. The van der Waals surface area contributed by atoms with Crippen LogP contribution >= 0.6 is 0 Å². The first-order chi connectivity index (χ1) is 14.3. The summed E-state index contributed by atoms with van der Waals surface area (Å²) < 4.78 is 7.46. The van der Waals surface area contributed by atoms with Gasteiger partial charge >= 0.3 is 0 Å². The minimum atomic E-state index is -0.191. The van der Waals surface area contributed by atoms with Gasteiger partial charge in [-0.3, -0.25) is 19.1 Å². The Hall–Kier alpha value is -3.15. The van der Waals surface area contributed by atoms with Crippen LogP contribution in [0, 0.1) is 25.2 Å². The highest BCUT2D eigenvalue weighted by molar-refractivity contribution is 5.93. The van der Waals surface area contributed by atoms with E-state index >= 15 is 0 Å². The molecular weight excluding hydrogens is 382 g/mol. The molecule has 3 rings (SSSR count). The summed E-state index contributed by atoms with van der Waals surface area (Å²) in [6, 6.07) is 11.9. The largest absolute Gasteiger partial charge is 0.366 e. The zero-order valence-corrected chi connectivity index (χ0v) is 17.8. The number of amides is 2. The summed E-state index contributed by atoms with van der Waals surface area (Å²) in [4.78, 5) is 27.7. The van der Waals surface area contributed by atoms with Crippen LogP contribution in [0.1, 0.15) is 16.8 Å². The molecule has 0 atom stereocenters. The molecule has 1 aromatic heterocycles. The molecule has 2 amide bonds. The number of para-hydroxylation sites is 1. The van der Waals surface area contributed by atoms with Crippen molar-refractivity contribution in [1.82, 2.24) is 14.4 Å². The maximum atomic E-state index is 12.7. The number of likely N-dealkylation sites (tertiary alicyclic amines) is 1. The molecule has 30 heavy (non-hydrogen) atoms. The molecule has 8 nitrogen and oxygen atoms in total. The third-order valence-electron chi connectivity index (χ3n) is 5.33. The Balaban J connectivity index is 1.63. The lowest BCUT2D eigenvalue weighted by molar-refractivity contribution is -0.141. The number of nitrogens with one attached hydrogen (secondary N) is 1. The molecule has 2 heterocycles. The first kappa shape index (κ1) is 21.6. The van der Waals surface area contributed by atoms with Gasteiger partial charge in [-0.1, -0.05) is 18.2 Å². The van der Waals surface area contributed by atoms with Crippen molar-refractivity contribution in [1.29, 1.82) is 5.26 Å². The lowest BCUT2D eigenvalue weighted by Gasteiger charge is -2.38. The topological polar surface area (TPSA) is 90.6 Å². The minimum Gasteiger partial charge on any atom is -0.366 e. The van der Waals surface area contributed by atoms with Crippen LogP contribution in [0.5, 0.6) is 0 Å². The standard InChI is InChI=1S/C22H27N5O3/c1-15-16(2)27(17-8-6-5-7-9-17)22(19(15)10-23)24-20(28)13-26-11-18(12-26)30-14-21(29)25(3)4/h5-9,18H,11-14H2,1-4H3,(H,24,28). The van der Waals surface area contributed by atoms with Gasteiger partial charge in [0.2, 0.25) is 11.8 Å². The number of rotatable bonds is 7. The number of likely N-dealkylation sites (N-methyl/N-ethyl adjacent to an activating group) is 1. The van der Waals surface area contributed by atoms with E-state index in [1.54, 1.807) is 14.1 Å². The molecule has 8 heteroatoms. The van der Waals surface area contributed by atoms with E-state index < -0.39 is 0 Å². The first-order valence-electron chi connectivity index (χ1n) is 9.83. The van der Waals surface area contributed by atoms with Crippen molar-refractivity contribution in [3.8, 4) is 11.8 Å². The highest BCUT2D eigenvalue weighted by Gasteiger charge is 2.30. The number of carbonyl (C=O) groups excluding carboxylic acids is 2. The van der Waals surface area contributed by atoms with Crippen LogP contribution in [0.2, 0.25) is 0 Å². The number of hydrogen-bond donors (Lipinski definition) is 1. The molecule has 1 saturated heterocycles. The molecule has 1 fully saturated rings. The fraction of sp³-hybridized carbons (Fsp3) is 0.409. The van der Waals surface area contributed by atoms with Crippen molar-refractivity contribution in [3.63, 3.8) is 0 Å². The van der Waals surface area contributed by atoms with Crippen molar-refractivity contribution >= 4 is 17.6 Å². The zero-order valence-electron chi connectivity index (χ0n) is 17.8. The molecule has 2 aromatic rings. The van der Waals surface area contributed by atoms with Crippen LogP contribution < -0.4 is 5.32 Å². The highest BCUT2D eigenvalue weighted by Crippen LogP contribution is 2.30. The lowest BCUT2D eigenvalue weighted by Crippen LogP contribution is -2.55. The van der Waals surface area contributed by atoms with Crippen LogP contribution in [0.4, 0.5) is 5.82 Å². The Morgan fingerprint density at radius 2 is 1.90 bits per heavy atom. The minimum absolute atomic E-state index is 0.0472. The van der Waals surface area contributed by atoms with E-state index in [4.69, 9.17) is 4.74 Å². The number of aromatic nitrogens is 1. The average Bonchev–Trinajstić information content (AvgIpc) is 2.93. The second kappa shape index (κ2) is 9.11. The molecule has 0 unspecified atom stereocenters. The zero-order chi connectivity index (χ0) is 21.8. The Labute approximate surface area is 176 Å². The van der Waals surface area contributed by atoms with Crippen LogP contribution in [0.3, 0.4) is 0 Å². The molecule has 158 valence electrons. The maximum absolute atomic E-state index is 12.7. The predicted molar refractivity (Wildman–Crippen MR) is 113 cm³/mol. The van der Waals surface area contributed by atoms with Crippen molar-refractivity contribution in [3.05, 3.63) is 47.2 Å². The number of benzene rings is 1. The normalized spacial score (nSPS) is 14.1. The number of ether oxygens (including phenoxy) is 1. The number of carbonyl (C=O) groups is 2. The van der Waals surface area contributed by atoms with Crippen LogP contribution in [-0.4, -0.2) is 72.6 Å². The fourth-order valence-corrected chi connectivity index (χ4v) is 3.41. The Kier molecular flexibility index (Phi) is 6.55. The summed E-state index contributed by atoms with van der Waals surface area (Å²) in [7, 11) is 3.38. The molecule has 0 aliphatic carbocycles. The number of hydrogen-bond acceptors (Lipinski definition) is 5. The summed E-state index contributed by atoms with van der Waals surface area (Å²) in [5.74, 6) is 0.222. The first-order valence-corrected chi connectivity index (χ1v) is 9.83. The van der Waals surface area contributed by atoms with Gasteiger partial charge in [-0.25, -0.2) is 0 Å². The molecule has 0 radical (unpaired) electrons. The smallest absolute Gasteiger partial charge is 0.248 e. The van der Waals surface area contributed by atoms with Crippen molar-refractivity contribution in [2.75, 3.05) is 45.7 Å². The van der Waals surface area contributed by atoms with E-state index in [-0.39, 0.29) is 31.1 Å². The van der Waals surface area contributed by atoms with Gasteiger partial charge in [0, 0.05) is 38.6 Å². The van der Waals surface area contributed by atoms with Gasteiger partial charge in [-0.2, -0.15) is 5.26 Å². The molecule has 1 aliphatic rings. The van der Waals surface area contributed by atoms with Crippen LogP contribution in [0.15, 0.2) is 30.3 Å². The van der Waals surface area contributed by atoms with Gasteiger partial charge in [0.05, 0.1) is 18.2 Å². The summed E-state index contributed by atoms with van der Waals surface area (Å²) >= 11 is 0. The molecule has 0 spiro atoms. The Morgan fingerprint density at radius 1 is 1.23 bits per heavy atom. The molecule has 1 aliphatic heterocycles. The number of nitrogens with zero attached hydrogens (tertiary/aromatic N) is 4. The highest BCUT2D eigenvalue weighted by atomic mass is 16.5. The van der Waals surface area contributed by atoms with Gasteiger partial charge in [0.25, 0.3) is 0 Å². The molecule has 0 saturated carbocycles. The maximum Gasteiger partial charge on any atom is 0.248 e. The average molecular weight is 409 g/mol. The summed E-state index contributed by atoms with van der Waals surface area (Å²) in [6.07, 6.45) is -0.0472. The van der Waals surface area contributed by atoms with Gasteiger partial charge in [0.15, 0.2) is 0 Å². The van der Waals surface area contributed by atoms with Crippen LogP contribution in [0.25, 0.3) is 5.69 Å². The van der Waals surface area contributed by atoms with E-state index in [2.05, 4.69) is 11.4 Å². The van der Waals surface area contributed by atoms with E-state index in [0.717, 1.165) is 16.9 Å². The van der Waals surface area contributed by atoms with Crippen molar-refractivity contribution in [2.24, 2.45) is 0 Å². The van der Waals surface area contributed by atoms with E-state index in [1.165, 1.54) is 4.90 Å². The molecule has 1 aromatic carbocycles. The fourth-order valence-electron chi connectivity index (χ4n) is 3.41. The van der Waals surface area contributed by atoms with Gasteiger partial charge < -0.3 is 15.0 Å². The van der Waals surface area contributed by atoms with Gasteiger partial charge in [-0.05, 0) is 31.5 Å². The van der Waals surface area contributed by atoms with Crippen LogP contribution in [-0.2, 0) is 14.3 Å². The van der Waals surface area contributed by atoms with Gasteiger partial charge in [-0.15, -0.1) is 0 Å². The van der Waals surface area contributed by atoms with E-state index in [9.17, 15) is 14.9 Å². The quantitative estimate of drug-likeness (QED) is 0.752. The van der Waals surface area contributed by atoms with E-state index in [1.807, 2.05) is 53.6 Å². The summed E-state index contributed by atoms with van der Waals surface area (Å²) in [5, 5.41) is 12.6. The predicted octanol–water partition coefficient (Wildman–Crippen LogP) is 1.69. The Morgan fingerprint density at radius 3 is 2.50 bits per heavy atom. The molecule has 1 N–H and O–H groups in total. The third-order valence-corrected chi connectivity index (χ3v) is 5.33. The van der Waals surface area contributed by atoms with Crippen molar-refractivity contribution < 1.29 is 14.3 Å². The number of nitriles is 1. The van der Waals surface area contributed by atoms with Gasteiger partial charge in [0.1, 0.15) is 18.5 Å². The van der Waals surface area contributed by atoms with Crippen molar-refractivity contribution in [2.45, 2.75) is 20.0 Å². The molecule has 0 bridgehead atoms. The third kappa shape index (κ3) is 4.53. The summed E-state index contributed by atoms with van der Waals surface area (Å²) in [6.45, 7) is 5.26. The second-order valence-electron chi connectivity index (χ2n) is 7.68. The summed E-state index contributed by atoms with van der Waals surface area (Å²) in [5.41, 5.74) is 3.12. The SMILES string of the molecule is Cc1c(C#N)c(NC(=O)CN2CC(OCC(=O)N(C)C)C2)n(-c2ccccc2)c1C. The monoisotopic (exact) mass is 409 g/mol. The lowest BCUT2D eigenvalue weighted by atomic mass is 10.1. The van der Waals surface area contributed by atoms with E-state index in [0.29, 0.717) is 24.5 Å². The molecular formula is C22H27N5O3. The number of anilines is 1. The second-order valence-corrected chi connectivity index (χ2v) is 7.68.